The first-order valence-electron chi connectivity index (χ1n) is 9.67. The second kappa shape index (κ2) is 8.66. The Kier molecular flexibility index (Phi) is 5.61. The van der Waals surface area contributed by atoms with Gasteiger partial charge in [0, 0.05) is 17.0 Å². The summed E-state index contributed by atoms with van der Waals surface area (Å²) in [7, 11) is 1.62. The number of carbonyl (C=O) groups excluding carboxylic acids is 1. The van der Waals surface area contributed by atoms with E-state index >= 15 is 0 Å². The van der Waals surface area contributed by atoms with Crippen LogP contribution in [0.3, 0.4) is 0 Å². The summed E-state index contributed by atoms with van der Waals surface area (Å²) >= 11 is 0. The van der Waals surface area contributed by atoms with Gasteiger partial charge in [0.1, 0.15) is 17.1 Å². The van der Waals surface area contributed by atoms with Crippen molar-refractivity contribution in [1.29, 1.82) is 0 Å². The lowest BCUT2D eigenvalue weighted by atomic mass is 10.1. The molecule has 0 saturated carbocycles. The normalized spacial score (nSPS) is 11.5. The Morgan fingerprint density at radius 3 is 2.57 bits per heavy atom. The molecule has 3 aromatic carbocycles. The molecule has 0 saturated heterocycles. The molecule has 0 N–H and O–H groups in total. The molecule has 0 spiro atoms. The summed E-state index contributed by atoms with van der Waals surface area (Å²) in [4.78, 5) is 16.9. The van der Waals surface area contributed by atoms with Crippen LogP contribution in [0.5, 0.6) is 5.75 Å². The van der Waals surface area contributed by atoms with E-state index in [2.05, 4.69) is 0 Å². The predicted octanol–water partition coefficient (Wildman–Crippen LogP) is 5.52. The van der Waals surface area contributed by atoms with Gasteiger partial charge in [-0.3, -0.25) is 0 Å². The third-order valence-corrected chi connectivity index (χ3v) is 4.62. The standard InChI is InChI=1S/C25H21NO4/c1-3-29-25(27)18-10-7-11-19(14-18)26-22-16-24(17-8-5-4-6-9-17)30-23-13-12-20(28-2)15-21(22)23/h4-16H,3H2,1-2H3. The highest BCUT2D eigenvalue weighted by Crippen LogP contribution is 2.25. The highest BCUT2D eigenvalue weighted by atomic mass is 16.5. The lowest BCUT2D eigenvalue weighted by Crippen LogP contribution is -2.05. The van der Waals surface area contributed by atoms with E-state index in [1.807, 2.05) is 60.7 Å². The molecule has 0 atom stereocenters. The smallest absolute Gasteiger partial charge is 0.338 e. The van der Waals surface area contributed by atoms with E-state index < -0.39 is 0 Å². The SMILES string of the molecule is CCOC(=O)c1cccc(N=c2cc(-c3ccccc3)oc3ccc(OC)cc23)c1. The van der Waals surface area contributed by atoms with Crippen molar-refractivity contribution < 1.29 is 18.7 Å². The summed E-state index contributed by atoms with van der Waals surface area (Å²) in [5.41, 5.74) is 2.75. The van der Waals surface area contributed by atoms with Crippen LogP contribution in [0.15, 0.2) is 88.3 Å². The van der Waals surface area contributed by atoms with Crippen LogP contribution in [-0.4, -0.2) is 19.7 Å². The van der Waals surface area contributed by atoms with Gasteiger partial charge in [-0.2, -0.15) is 0 Å². The fourth-order valence-electron chi connectivity index (χ4n) is 3.17. The molecule has 5 heteroatoms. The Morgan fingerprint density at radius 1 is 0.967 bits per heavy atom. The minimum absolute atomic E-state index is 0.325. The number of ether oxygens (including phenoxy) is 2. The first-order chi connectivity index (χ1) is 14.7. The number of hydrogen-bond acceptors (Lipinski definition) is 5. The lowest BCUT2D eigenvalue weighted by molar-refractivity contribution is 0.0526. The fourth-order valence-corrected chi connectivity index (χ4v) is 3.17. The van der Waals surface area contributed by atoms with E-state index in [4.69, 9.17) is 18.9 Å². The van der Waals surface area contributed by atoms with Crippen molar-refractivity contribution in [3.05, 3.63) is 89.8 Å². The summed E-state index contributed by atoms with van der Waals surface area (Å²) < 4.78 is 16.6. The zero-order valence-corrected chi connectivity index (χ0v) is 16.8. The number of carbonyl (C=O) groups is 1. The van der Waals surface area contributed by atoms with Gasteiger partial charge in [0.15, 0.2) is 0 Å². The first kappa shape index (κ1) is 19.5. The Balaban J connectivity index is 1.92. The van der Waals surface area contributed by atoms with Gasteiger partial charge in [-0.05, 0) is 43.3 Å². The molecule has 30 heavy (non-hydrogen) atoms. The summed E-state index contributed by atoms with van der Waals surface area (Å²) in [6, 6.07) is 24.4. The number of hydrogen-bond donors (Lipinski definition) is 0. The van der Waals surface area contributed by atoms with Crippen LogP contribution in [0.4, 0.5) is 5.69 Å². The van der Waals surface area contributed by atoms with Crippen LogP contribution in [0, 0.1) is 0 Å². The van der Waals surface area contributed by atoms with Gasteiger partial charge in [-0.1, -0.05) is 36.4 Å². The van der Waals surface area contributed by atoms with Gasteiger partial charge in [0.25, 0.3) is 0 Å². The Labute approximate surface area is 174 Å². The molecule has 0 aliphatic heterocycles. The maximum atomic E-state index is 12.1. The largest absolute Gasteiger partial charge is 0.497 e. The molecule has 0 radical (unpaired) electrons. The van der Waals surface area contributed by atoms with Gasteiger partial charge in [0.05, 0.1) is 30.3 Å². The van der Waals surface area contributed by atoms with E-state index in [1.165, 1.54) is 0 Å². The molecule has 0 bridgehead atoms. The Bertz CT molecular complexity index is 1260. The van der Waals surface area contributed by atoms with Crippen LogP contribution in [0.25, 0.3) is 22.3 Å². The van der Waals surface area contributed by atoms with Crippen LogP contribution in [0.2, 0.25) is 0 Å². The first-order valence-corrected chi connectivity index (χ1v) is 9.67. The molecule has 0 amide bonds. The molecule has 0 fully saturated rings. The zero-order chi connectivity index (χ0) is 20.9. The van der Waals surface area contributed by atoms with E-state index in [1.54, 1.807) is 32.2 Å². The number of methoxy groups -OCH3 is 1. The van der Waals surface area contributed by atoms with Crippen LogP contribution in [0.1, 0.15) is 17.3 Å². The van der Waals surface area contributed by atoms with Gasteiger partial charge < -0.3 is 13.9 Å². The van der Waals surface area contributed by atoms with Crippen molar-refractivity contribution in [3.8, 4) is 17.1 Å². The molecule has 150 valence electrons. The molecular formula is C25H21NO4. The van der Waals surface area contributed by atoms with Crippen molar-refractivity contribution in [2.45, 2.75) is 6.92 Å². The highest BCUT2D eigenvalue weighted by Gasteiger charge is 2.09. The monoisotopic (exact) mass is 399 g/mol. The number of esters is 1. The van der Waals surface area contributed by atoms with Gasteiger partial charge in [-0.15, -0.1) is 0 Å². The average molecular weight is 399 g/mol. The molecule has 1 aromatic heterocycles. The molecule has 0 aliphatic rings. The fraction of sp³-hybridized carbons (Fsp3) is 0.120. The maximum absolute atomic E-state index is 12.1. The average Bonchev–Trinajstić information content (AvgIpc) is 2.79. The lowest BCUT2D eigenvalue weighted by Gasteiger charge is -2.07. The molecule has 0 unspecified atom stereocenters. The van der Waals surface area contributed by atoms with Gasteiger partial charge >= 0.3 is 5.97 Å². The zero-order valence-electron chi connectivity index (χ0n) is 16.8. The number of nitrogens with zero attached hydrogens (tertiary/aromatic N) is 1. The molecule has 4 aromatic rings. The van der Waals surface area contributed by atoms with Crippen molar-refractivity contribution in [3.63, 3.8) is 0 Å². The quantitative estimate of drug-likeness (QED) is 0.415. The molecular weight excluding hydrogens is 378 g/mol. The highest BCUT2D eigenvalue weighted by molar-refractivity contribution is 5.90. The maximum Gasteiger partial charge on any atom is 0.338 e. The van der Waals surface area contributed by atoms with E-state index in [-0.39, 0.29) is 5.97 Å². The van der Waals surface area contributed by atoms with Crippen molar-refractivity contribution in [1.82, 2.24) is 0 Å². The third-order valence-electron chi connectivity index (χ3n) is 4.62. The summed E-state index contributed by atoms with van der Waals surface area (Å²) in [5, 5.41) is 1.53. The Hall–Kier alpha value is -3.86. The summed E-state index contributed by atoms with van der Waals surface area (Å²) in [6.45, 7) is 2.11. The molecule has 0 aliphatic carbocycles. The van der Waals surface area contributed by atoms with Gasteiger partial charge in [-0.25, -0.2) is 9.79 Å². The van der Waals surface area contributed by atoms with Crippen molar-refractivity contribution in [2.75, 3.05) is 13.7 Å². The predicted molar refractivity (Wildman–Crippen MR) is 116 cm³/mol. The molecule has 1 heterocycles. The van der Waals surface area contributed by atoms with Crippen molar-refractivity contribution in [2.24, 2.45) is 4.99 Å². The second-order valence-corrected chi connectivity index (χ2v) is 6.61. The topological polar surface area (TPSA) is 61.0 Å². The minimum Gasteiger partial charge on any atom is -0.497 e. The second-order valence-electron chi connectivity index (χ2n) is 6.61. The number of benzene rings is 3. The number of rotatable bonds is 5. The van der Waals surface area contributed by atoms with E-state index in [0.717, 1.165) is 16.3 Å². The minimum atomic E-state index is -0.367. The van der Waals surface area contributed by atoms with Crippen LogP contribution in [-0.2, 0) is 4.74 Å². The molecule has 5 nitrogen and oxygen atoms in total. The number of fused-ring (bicyclic) bond motifs is 1. The van der Waals surface area contributed by atoms with Crippen molar-refractivity contribution >= 4 is 22.6 Å². The van der Waals surface area contributed by atoms with Gasteiger partial charge in [0.2, 0.25) is 0 Å². The summed E-state index contributed by atoms with van der Waals surface area (Å²) in [5.74, 6) is 1.05. The van der Waals surface area contributed by atoms with E-state index in [0.29, 0.717) is 35.0 Å². The van der Waals surface area contributed by atoms with Crippen LogP contribution < -0.4 is 10.1 Å². The molecule has 4 rings (SSSR count). The third kappa shape index (κ3) is 4.10. The Morgan fingerprint density at radius 2 is 1.80 bits per heavy atom. The van der Waals surface area contributed by atoms with Crippen LogP contribution >= 0.6 is 0 Å². The van der Waals surface area contributed by atoms with E-state index in [9.17, 15) is 4.79 Å². The summed E-state index contributed by atoms with van der Waals surface area (Å²) in [6.07, 6.45) is 0.